The highest BCUT2D eigenvalue weighted by Gasteiger charge is 2.22. The molecule has 2 unspecified atom stereocenters. The first-order chi connectivity index (χ1) is 5.27. The first kappa shape index (κ1) is 6.79. The van der Waals surface area contributed by atoms with E-state index >= 15 is 0 Å². The van der Waals surface area contributed by atoms with Crippen molar-refractivity contribution >= 4 is 0 Å². The second-order valence-corrected chi connectivity index (χ2v) is 3.24. The first-order valence-corrected chi connectivity index (χ1v) is 3.90. The van der Waals surface area contributed by atoms with Crippen LogP contribution in [0.5, 0.6) is 0 Å². The zero-order valence-corrected chi connectivity index (χ0v) is 6.57. The molecular formula is C7H12N4. The molecule has 11 heavy (non-hydrogen) atoms. The molecule has 0 saturated carbocycles. The molecule has 1 aliphatic rings. The van der Waals surface area contributed by atoms with Crippen molar-refractivity contribution < 1.29 is 0 Å². The number of hydrogen-bond donors (Lipinski definition) is 1. The Bertz CT molecular complexity index is 255. The molecule has 0 saturated heterocycles. The van der Waals surface area contributed by atoms with Crippen molar-refractivity contribution in [2.45, 2.75) is 31.8 Å². The van der Waals surface area contributed by atoms with Gasteiger partial charge in [0, 0.05) is 18.5 Å². The van der Waals surface area contributed by atoms with Crippen molar-refractivity contribution in [2.75, 3.05) is 0 Å². The fourth-order valence-corrected chi connectivity index (χ4v) is 1.67. The van der Waals surface area contributed by atoms with Crippen LogP contribution in [0, 0.1) is 0 Å². The molecule has 4 nitrogen and oxygen atoms in total. The summed E-state index contributed by atoms with van der Waals surface area (Å²) in [6, 6.07) is 0.272. The number of nitrogens with two attached hydrogens (primary N) is 1. The van der Waals surface area contributed by atoms with Gasteiger partial charge in [0.25, 0.3) is 0 Å². The van der Waals surface area contributed by atoms with Gasteiger partial charge in [-0.15, -0.1) is 10.2 Å². The van der Waals surface area contributed by atoms with Crippen molar-refractivity contribution in [1.29, 1.82) is 0 Å². The molecule has 2 heterocycles. The van der Waals surface area contributed by atoms with Crippen molar-refractivity contribution in [3.05, 3.63) is 12.2 Å². The summed E-state index contributed by atoms with van der Waals surface area (Å²) in [6.07, 6.45) is 2.78. The number of hydrogen-bond acceptors (Lipinski definition) is 3. The van der Waals surface area contributed by atoms with E-state index in [9.17, 15) is 0 Å². The lowest BCUT2D eigenvalue weighted by Crippen LogP contribution is -2.33. The zero-order chi connectivity index (χ0) is 7.84. The average molecular weight is 152 g/mol. The third-order valence-corrected chi connectivity index (χ3v) is 2.17. The number of rotatable bonds is 0. The number of nitrogens with zero attached hydrogens (tertiary/aromatic N) is 3. The highest BCUT2D eigenvalue weighted by atomic mass is 15.3. The van der Waals surface area contributed by atoms with Crippen LogP contribution in [0.15, 0.2) is 6.33 Å². The third kappa shape index (κ3) is 1.03. The maximum atomic E-state index is 5.82. The van der Waals surface area contributed by atoms with E-state index in [1.54, 1.807) is 6.33 Å². The molecule has 2 N–H and O–H groups in total. The maximum Gasteiger partial charge on any atom is 0.135 e. The van der Waals surface area contributed by atoms with E-state index in [0.717, 1.165) is 18.8 Å². The summed E-state index contributed by atoms with van der Waals surface area (Å²) in [5.41, 5.74) is 5.82. The third-order valence-electron chi connectivity index (χ3n) is 2.17. The second-order valence-electron chi connectivity index (χ2n) is 3.24. The van der Waals surface area contributed by atoms with Gasteiger partial charge in [-0.05, 0) is 6.42 Å². The quantitative estimate of drug-likeness (QED) is 0.574. The Morgan fingerprint density at radius 1 is 1.73 bits per heavy atom. The lowest BCUT2D eigenvalue weighted by atomic mass is 9.98. The van der Waals surface area contributed by atoms with E-state index in [2.05, 4.69) is 17.1 Å². The van der Waals surface area contributed by atoms with Crippen LogP contribution in [0.4, 0.5) is 0 Å². The predicted molar refractivity (Wildman–Crippen MR) is 41.0 cm³/mol. The molecule has 0 aliphatic carbocycles. The molecule has 1 aliphatic heterocycles. The van der Waals surface area contributed by atoms with Gasteiger partial charge in [-0.25, -0.2) is 0 Å². The summed E-state index contributed by atoms with van der Waals surface area (Å²) in [4.78, 5) is 0. The van der Waals surface area contributed by atoms with Crippen LogP contribution in [0.25, 0.3) is 0 Å². The lowest BCUT2D eigenvalue weighted by molar-refractivity contribution is 0.407. The summed E-state index contributed by atoms with van der Waals surface area (Å²) in [7, 11) is 0. The van der Waals surface area contributed by atoms with Gasteiger partial charge in [0.05, 0.1) is 0 Å². The van der Waals surface area contributed by atoms with Crippen molar-refractivity contribution in [3.8, 4) is 0 Å². The molecule has 1 aromatic rings. The van der Waals surface area contributed by atoms with E-state index in [1.807, 2.05) is 4.57 Å². The molecule has 0 fully saturated rings. The average Bonchev–Trinajstić information content (AvgIpc) is 2.34. The molecule has 0 spiro atoms. The Kier molecular flexibility index (Phi) is 1.42. The SMILES string of the molecule is CC1CC(N)Cn2cnnc21. The van der Waals surface area contributed by atoms with E-state index in [-0.39, 0.29) is 6.04 Å². The van der Waals surface area contributed by atoms with Crippen LogP contribution in [-0.4, -0.2) is 20.8 Å². The Morgan fingerprint density at radius 3 is 3.36 bits per heavy atom. The highest BCUT2D eigenvalue weighted by Crippen LogP contribution is 2.22. The summed E-state index contributed by atoms with van der Waals surface area (Å²) in [6.45, 7) is 3.01. The Balaban J connectivity index is 2.36. The van der Waals surface area contributed by atoms with Gasteiger partial charge in [-0.1, -0.05) is 6.92 Å². The van der Waals surface area contributed by atoms with E-state index in [0.29, 0.717) is 5.92 Å². The van der Waals surface area contributed by atoms with Gasteiger partial charge in [-0.2, -0.15) is 0 Å². The molecular weight excluding hydrogens is 140 g/mol. The van der Waals surface area contributed by atoms with Crippen LogP contribution in [0.3, 0.4) is 0 Å². The predicted octanol–water partition coefficient (Wildman–Crippen LogP) is 0.113. The Morgan fingerprint density at radius 2 is 2.55 bits per heavy atom. The van der Waals surface area contributed by atoms with Crippen molar-refractivity contribution in [2.24, 2.45) is 5.73 Å². The van der Waals surface area contributed by atoms with Crippen LogP contribution in [0.2, 0.25) is 0 Å². The summed E-state index contributed by atoms with van der Waals surface area (Å²) in [5.74, 6) is 1.54. The topological polar surface area (TPSA) is 56.7 Å². The standard InChI is InChI=1S/C7H12N4/c1-5-2-6(8)3-11-4-9-10-7(5)11/h4-6H,2-3,8H2,1H3. The maximum absolute atomic E-state index is 5.82. The molecule has 60 valence electrons. The largest absolute Gasteiger partial charge is 0.326 e. The van der Waals surface area contributed by atoms with Gasteiger partial charge < -0.3 is 10.3 Å². The molecule has 4 heteroatoms. The van der Waals surface area contributed by atoms with E-state index < -0.39 is 0 Å². The smallest absolute Gasteiger partial charge is 0.135 e. The summed E-state index contributed by atoms with van der Waals surface area (Å²) in [5, 5.41) is 7.88. The number of aromatic nitrogens is 3. The molecule has 2 atom stereocenters. The Hall–Kier alpha value is -0.900. The summed E-state index contributed by atoms with van der Waals surface area (Å²) >= 11 is 0. The minimum Gasteiger partial charge on any atom is -0.326 e. The van der Waals surface area contributed by atoms with Gasteiger partial charge in [0.1, 0.15) is 12.2 Å². The van der Waals surface area contributed by atoms with Gasteiger partial charge in [0.2, 0.25) is 0 Å². The van der Waals surface area contributed by atoms with Crippen LogP contribution < -0.4 is 5.73 Å². The molecule has 1 aromatic heterocycles. The fraction of sp³-hybridized carbons (Fsp3) is 0.714. The molecule has 0 aromatic carbocycles. The highest BCUT2D eigenvalue weighted by molar-refractivity contribution is 5.00. The normalized spacial score (nSPS) is 30.0. The van der Waals surface area contributed by atoms with E-state index in [4.69, 9.17) is 5.73 Å². The second kappa shape index (κ2) is 2.30. The van der Waals surface area contributed by atoms with Crippen molar-refractivity contribution in [1.82, 2.24) is 14.8 Å². The monoisotopic (exact) mass is 152 g/mol. The van der Waals surface area contributed by atoms with Gasteiger partial charge in [0.15, 0.2) is 0 Å². The van der Waals surface area contributed by atoms with Crippen LogP contribution in [-0.2, 0) is 6.54 Å². The first-order valence-electron chi connectivity index (χ1n) is 3.90. The molecule has 0 bridgehead atoms. The molecule has 2 rings (SSSR count). The van der Waals surface area contributed by atoms with Gasteiger partial charge >= 0.3 is 0 Å². The van der Waals surface area contributed by atoms with Crippen LogP contribution in [0.1, 0.15) is 25.1 Å². The van der Waals surface area contributed by atoms with Crippen LogP contribution >= 0.6 is 0 Å². The minimum atomic E-state index is 0.272. The zero-order valence-electron chi connectivity index (χ0n) is 6.57. The molecule has 0 amide bonds. The Labute approximate surface area is 65.4 Å². The van der Waals surface area contributed by atoms with Gasteiger partial charge in [-0.3, -0.25) is 0 Å². The van der Waals surface area contributed by atoms with Crippen molar-refractivity contribution in [3.63, 3.8) is 0 Å². The number of fused-ring (bicyclic) bond motifs is 1. The fourth-order valence-electron chi connectivity index (χ4n) is 1.67. The lowest BCUT2D eigenvalue weighted by Gasteiger charge is -2.24. The summed E-state index contributed by atoms with van der Waals surface area (Å²) < 4.78 is 2.04. The minimum absolute atomic E-state index is 0.272. The van der Waals surface area contributed by atoms with E-state index in [1.165, 1.54) is 0 Å². The molecule has 0 radical (unpaired) electrons.